The molecule has 152 valence electrons. The third kappa shape index (κ3) is 5.67. The second-order valence-corrected chi connectivity index (χ2v) is 8.29. The van der Waals surface area contributed by atoms with Crippen LogP contribution in [0.25, 0.3) is 5.69 Å². The lowest BCUT2D eigenvalue weighted by molar-refractivity contribution is -0.119. The summed E-state index contributed by atoms with van der Waals surface area (Å²) in [7, 11) is 0. The number of para-hydroxylation sites is 1. The van der Waals surface area contributed by atoms with Gasteiger partial charge in [-0.2, -0.15) is 0 Å². The van der Waals surface area contributed by atoms with E-state index in [1.54, 1.807) is 22.8 Å². The SMILES string of the molecule is CC(C)Cc1ccc([C@@H](C)NC(=O)CSc2nncn2-c2ccccc2F)cc1. The van der Waals surface area contributed by atoms with Crippen LogP contribution < -0.4 is 5.32 Å². The molecule has 0 bridgehead atoms. The van der Waals surface area contributed by atoms with Gasteiger partial charge in [0.25, 0.3) is 0 Å². The Labute approximate surface area is 174 Å². The number of benzene rings is 2. The minimum Gasteiger partial charge on any atom is -0.349 e. The van der Waals surface area contributed by atoms with Crippen molar-refractivity contribution in [1.82, 2.24) is 20.1 Å². The molecule has 0 saturated carbocycles. The van der Waals surface area contributed by atoms with E-state index in [0.717, 1.165) is 12.0 Å². The van der Waals surface area contributed by atoms with Gasteiger partial charge >= 0.3 is 0 Å². The lowest BCUT2D eigenvalue weighted by Crippen LogP contribution is -2.28. The average Bonchev–Trinajstić information content (AvgIpc) is 3.15. The zero-order chi connectivity index (χ0) is 20.8. The Kier molecular flexibility index (Phi) is 7.04. The maximum atomic E-state index is 14.0. The molecule has 1 amide bonds. The number of thioether (sulfide) groups is 1. The molecule has 0 spiro atoms. The van der Waals surface area contributed by atoms with Gasteiger partial charge in [0.2, 0.25) is 5.91 Å². The van der Waals surface area contributed by atoms with E-state index in [1.807, 2.05) is 6.92 Å². The molecule has 29 heavy (non-hydrogen) atoms. The van der Waals surface area contributed by atoms with Crippen LogP contribution in [0, 0.1) is 11.7 Å². The average molecular weight is 413 g/mol. The van der Waals surface area contributed by atoms with Gasteiger partial charge in [0.15, 0.2) is 5.16 Å². The molecule has 3 rings (SSSR count). The number of amides is 1. The molecule has 7 heteroatoms. The predicted molar refractivity (Wildman–Crippen MR) is 114 cm³/mol. The summed E-state index contributed by atoms with van der Waals surface area (Å²) in [4.78, 5) is 12.4. The standard InChI is InChI=1S/C22H25FN4OS/c1-15(2)12-17-8-10-18(11-9-17)16(3)25-21(28)13-29-22-26-24-14-27(22)20-7-5-4-6-19(20)23/h4-11,14-16H,12-13H2,1-3H3,(H,25,28)/t16-/m1/s1. The molecular formula is C22H25FN4OS. The van der Waals surface area contributed by atoms with Gasteiger partial charge in [0, 0.05) is 0 Å². The summed E-state index contributed by atoms with van der Waals surface area (Å²) >= 11 is 1.22. The third-order valence-electron chi connectivity index (χ3n) is 4.46. The van der Waals surface area contributed by atoms with Gasteiger partial charge in [-0.1, -0.05) is 62.0 Å². The highest BCUT2D eigenvalue weighted by atomic mass is 32.2. The minimum absolute atomic E-state index is 0.0966. The van der Waals surface area contributed by atoms with Gasteiger partial charge in [0.05, 0.1) is 17.5 Å². The van der Waals surface area contributed by atoms with Crippen LogP contribution in [0.2, 0.25) is 0 Å². The third-order valence-corrected chi connectivity index (χ3v) is 5.41. The van der Waals surface area contributed by atoms with Crippen molar-refractivity contribution in [3.8, 4) is 5.69 Å². The smallest absolute Gasteiger partial charge is 0.230 e. The molecule has 0 aliphatic heterocycles. The maximum Gasteiger partial charge on any atom is 0.230 e. The maximum absolute atomic E-state index is 14.0. The number of hydrogen-bond donors (Lipinski definition) is 1. The number of carbonyl (C=O) groups excluding carboxylic acids is 1. The summed E-state index contributed by atoms with van der Waals surface area (Å²) in [6.45, 7) is 6.35. The molecule has 1 heterocycles. The normalized spacial score (nSPS) is 12.2. The Bertz CT molecular complexity index is 955. The summed E-state index contributed by atoms with van der Waals surface area (Å²) in [6.07, 6.45) is 2.49. The lowest BCUT2D eigenvalue weighted by atomic mass is 10.00. The van der Waals surface area contributed by atoms with Gasteiger partial charge in [-0.15, -0.1) is 10.2 Å². The van der Waals surface area contributed by atoms with E-state index in [-0.39, 0.29) is 23.5 Å². The Hall–Kier alpha value is -2.67. The molecule has 0 aliphatic rings. The first kappa shape index (κ1) is 21.0. The van der Waals surface area contributed by atoms with Crippen molar-refractivity contribution in [3.63, 3.8) is 0 Å². The largest absolute Gasteiger partial charge is 0.349 e. The zero-order valence-electron chi connectivity index (χ0n) is 16.8. The van der Waals surface area contributed by atoms with Gasteiger partial charge in [-0.05, 0) is 42.5 Å². The van der Waals surface area contributed by atoms with Crippen molar-refractivity contribution in [2.45, 2.75) is 38.4 Å². The number of nitrogens with zero attached hydrogens (tertiary/aromatic N) is 3. The Balaban J connectivity index is 1.57. The van der Waals surface area contributed by atoms with Crippen LogP contribution in [0.5, 0.6) is 0 Å². The Morgan fingerprint density at radius 3 is 2.55 bits per heavy atom. The van der Waals surface area contributed by atoms with Gasteiger partial charge in [-0.25, -0.2) is 4.39 Å². The number of rotatable bonds is 8. The van der Waals surface area contributed by atoms with E-state index in [4.69, 9.17) is 0 Å². The second kappa shape index (κ2) is 9.69. The number of halogens is 1. The van der Waals surface area contributed by atoms with Crippen LogP contribution >= 0.6 is 11.8 Å². The highest BCUT2D eigenvalue weighted by Gasteiger charge is 2.14. The Morgan fingerprint density at radius 1 is 1.14 bits per heavy atom. The summed E-state index contributed by atoms with van der Waals surface area (Å²) < 4.78 is 15.6. The molecule has 0 radical (unpaired) electrons. The number of hydrogen-bond acceptors (Lipinski definition) is 4. The van der Waals surface area contributed by atoms with Gasteiger partial charge < -0.3 is 5.32 Å². The summed E-state index contributed by atoms with van der Waals surface area (Å²) in [5.41, 5.74) is 2.71. The van der Waals surface area contributed by atoms with Crippen LogP contribution in [-0.4, -0.2) is 26.4 Å². The minimum atomic E-state index is -0.367. The first-order valence-electron chi connectivity index (χ1n) is 9.60. The molecule has 5 nitrogen and oxygen atoms in total. The highest BCUT2D eigenvalue weighted by Crippen LogP contribution is 2.22. The van der Waals surface area contributed by atoms with Crippen LogP contribution in [0.3, 0.4) is 0 Å². The summed E-state index contributed by atoms with van der Waals surface area (Å²) in [5, 5.41) is 11.3. The fourth-order valence-corrected chi connectivity index (χ4v) is 3.78. The van der Waals surface area contributed by atoms with E-state index in [1.165, 1.54) is 29.7 Å². The van der Waals surface area contributed by atoms with Crippen LogP contribution in [-0.2, 0) is 11.2 Å². The summed E-state index contributed by atoms with van der Waals surface area (Å²) in [6, 6.07) is 14.6. The van der Waals surface area contributed by atoms with E-state index < -0.39 is 0 Å². The van der Waals surface area contributed by atoms with Crippen molar-refractivity contribution in [2.75, 3.05) is 5.75 Å². The number of aromatic nitrogens is 3. The molecule has 3 aromatic rings. The number of nitrogens with one attached hydrogen (secondary N) is 1. The lowest BCUT2D eigenvalue weighted by Gasteiger charge is -2.15. The van der Waals surface area contributed by atoms with Gasteiger partial charge in [-0.3, -0.25) is 9.36 Å². The van der Waals surface area contributed by atoms with Crippen molar-refractivity contribution in [2.24, 2.45) is 5.92 Å². The van der Waals surface area contributed by atoms with Crippen molar-refractivity contribution in [1.29, 1.82) is 0 Å². The van der Waals surface area contributed by atoms with Gasteiger partial charge in [0.1, 0.15) is 12.1 Å². The molecule has 0 unspecified atom stereocenters. The van der Waals surface area contributed by atoms with E-state index in [2.05, 4.69) is 53.6 Å². The molecule has 1 N–H and O–H groups in total. The van der Waals surface area contributed by atoms with E-state index >= 15 is 0 Å². The fraction of sp³-hybridized carbons (Fsp3) is 0.318. The predicted octanol–water partition coefficient (Wildman–Crippen LogP) is 4.57. The fourth-order valence-electron chi connectivity index (χ4n) is 3.05. The molecule has 1 atom stereocenters. The molecule has 0 saturated heterocycles. The first-order chi connectivity index (χ1) is 13.9. The van der Waals surface area contributed by atoms with Crippen LogP contribution in [0.15, 0.2) is 60.0 Å². The van der Waals surface area contributed by atoms with Crippen molar-refractivity contribution < 1.29 is 9.18 Å². The molecule has 1 aromatic heterocycles. The van der Waals surface area contributed by atoms with Crippen LogP contribution in [0.4, 0.5) is 4.39 Å². The quantitative estimate of drug-likeness (QED) is 0.551. The number of carbonyl (C=O) groups is 1. The molecule has 0 fully saturated rings. The second-order valence-electron chi connectivity index (χ2n) is 7.35. The molecule has 0 aliphatic carbocycles. The Morgan fingerprint density at radius 2 is 1.86 bits per heavy atom. The molecular weight excluding hydrogens is 387 g/mol. The van der Waals surface area contributed by atoms with Crippen molar-refractivity contribution >= 4 is 17.7 Å². The molecule has 2 aromatic carbocycles. The van der Waals surface area contributed by atoms with E-state index in [9.17, 15) is 9.18 Å². The van der Waals surface area contributed by atoms with Crippen LogP contribution in [0.1, 0.15) is 37.9 Å². The topological polar surface area (TPSA) is 59.8 Å². The highest BCUT2D eigenvalue weighted by molar-refractivity contribution is 7.99. The zero-order valence-corrected chi connectivity index (χ0v) is 17.6. The monoisotopic (exact) mass is 412 g/mol. The summed E-state index contributed by atoms with van der Waals surface area (Å²) in [5.74, 6) is 0.300. The first-order valence-corrected chi connectivity index (χ1v) is 10.6. The van der Waals surface area contributed by atoms with E-state index in [0.29, 0.717) is 16.8 Å². The van der Waals surface area contributed by atoms with Crippen molar-refractivity contribution in [3.05, 3.63) is 71.8 Å².